The van der Waals surface area contributed by atoms with E-state index < -0.39 is 12.1 Å². The van der Waals surface area contributed by atoms with Gasteiger partial charge >= 0.3 is 5.97 Å². The van der Waals surface area contributed by atoms with E-state index in [9.17, 15) is 19.8 Å². The van der Waals surface area contributed by atoms with Crippen LogP contribution < -0.4 is 0 Å². The van der Waals surface area contributed by atoms with Crippen LogP contribution in [0.5, 0.6) is 0 Å². The van der Waals surface area contributed by atoms with Crippen LogP contribution >= 0.6 is 0 Å². The number of carboxylic acids is 1. The molecule has 0 saturated heterocycles. The molecule has 192 valence electrons. The van der Waals surface area contributed by atoms with Crippen molar-refractivity contribution in [2.24, 2.45) is 62.6 Å². The Morgan fingerprint density at radius 3 is 2.21 bits per heavy atom. The minimum absolute atomic E-state index is 0.0441. The summed E-state index contributed by atoms with van der Waals surface area (Å²) in [6.07, 6.45) is 8.90. The maximum absolute atomic E-state index is 13.1. The van der Waals surface area contributed by atoms with E-state index in [0.29, 0.717) is 30.1 Å². The van der Waals surface area contributed by atoms with Gasteiger partial charge in [-0.1, -0.05) is 48.5 Å². The van der Waals surface area contributed by atoms with Crippen molar-refractivity contribution in [2.45, 2.75) is 112 Å². The van der Waals surface area contributed by atoms with Gasteiger partial charge < -0.3 is 10.2 Å². The number of aliphatic hydroxyl groups is 1. The molecular formula is C30H48O4. The fraction of sp³-hybridized carbons (Fsp3) is 0.933. The molecule has 5 rings (SSSR count). The third-order valence-electron chi connectivity index (χ3n) is 13.7. The van der Waals surface area contributed by atoms with Gasteiger partial charge in [-0.15, -0.1) is 0 Å². The number of carbonyl (C=O) groups is 2. The molecule has 0 radical (unpaired) electrons. The molecule has 11 atom stereocenters. The molecule has 2 N–H and O–H groups in total. The van der Waals surface area contributed by atoms with Crippen LogP contribution in [0.15, 0.2) is 0 Å². The number of aliphatic hydroxyl groups excluding tert-OH is 1. The van der Waals surface area contributed by atoms with E-state index >= 15 is 0 Å². The summed E-state index contributed by atoms with van der Waals surface area (Å²) >= 11 is 0. The van der Waals surface area contributed by atoms with E-state index in [1.807, 2.05) is 6.92 Å². The Labute approximate surface area is 206 Å². The number of rotatable bonds is 2. The summed E-state index contributed by atoms with van der Waals surface area (Å²) in [5.74, 6) is 1.34. The number of hydrogen-bond acceptors (Lipinski definition) is 3. The molecule has 11 unspecified atom stereocenters. The van der Waals surface area contributed by atoms with Gasteiger partial charge in [0.05, 0.1) is 5.92 Å². The van der Waals surface area contributed by atoms with Crippen molar-refractivity contribution in [3.8, 4) is 0 Å². The third-order valence-corrected chi connectivity index (χ3v) is 13.7. The number of fused-ring (bicyclic) bond motifs is 7. The SMILES string of the molecule is CC(C(=O)O)C1CCC2(C)CCC3(C)C(CCC4C5(C)CC(=O)C(O)C(C)(C)C5CCC43C)C12. The highest BCUT2D eigenvalue weighted by atomic mass is 16.4. The summed E-state index contributed by atoms with van der Waals surface area (Å²) < 4.78 is 0. The summed E-state index contributed by atoms with van der Waals surface area (Å²) in [5.41, 5.74) is 0.168. The lowest BCUT2D eigenvalue weighted by atomic mass is 9.32. The summed E-state index contributed by atoms with van der Waals surface area (Å²) in [6, 6.07) is 0. The highest BCUT2D eigenvalue weighted by Crippen LogP contribution is 2.77. The van der Waals surface area contributed by atoms with Gasteiger partial charge in [-0.3, -0.25) is 9.59 Å². The van der Waals surface area contributed by atoms with Crippen molar-refractivity contribution >= 4 is 11.8 Å². The van der Waals surface area contributed by atoms with Gasteiger partial charge in [0.25, 0.3) is 0 Å². The van der Waals surface area contributed by atoms with Gasteiger partial charge in [-0.05, 0) is 103 Å². The molecule has 34 heavy (non-hydrogen) atoms. The highest BCUT2D eigenvalue weighted by molar-refractivity contribution is 5.85. The topological polar surface area (TPSA) is 74.6 Å². The van der Waals surface area contributed by atoms with Crippen molar-refractivity contribution in [2.75, 3.05) is 0 Å². The van der Waals surface area contributed by atoms with E-state index in [2.05, 4.69) is 41.5 Å². The second-order valence-corrected chi connectivity index (χ2v) is 15.0. The lowest BCUT2D eigenvalue weighted by Gasteiger charge is -2.72. The van der Waals surface area contributed by atoms with E-state index in [1.165, 1.54) is 25.7 Å². The number of hydrogen-bond donors (Lipinski definition) is 2. The Morgan fingerprint density at radius 2 is 1.56 bits per heavy atom. The average molecular weight is 473 g/mol. The molecule has 0 spiro atoms. The number of carbonyl (C=O) groups excluding carboxylic acids is 1. The molecule has 0 aromatic heterocycles. The first kappa shape index (κ1) is 24.8. The van der Waals surface area contributed by atoms with Crippen LogP contribution in [-0.2, 0) is 9.59 Å². The van der Waals surface area contributed by atoms with Crippen LogP contribution in [0.4, 0.5) is 0 Å². The Balaban J connectivity index is 1.55. The molecule has 5 fully saturated rings. The standard InChI is InChI=1S/C30H48O4/c1-17(25(33)34)18-10-12-27(4)14-15-29(6)19(23(18)27)8-9-22-28(5)16-20(31)24(32)26(2,3)21(28)11-13-30(22,29)7/h17-19,21-24,32H,8-16H2,1-7H3,(H,33,34). The zero-order valence-corrected chi connectivity index (χ0v) is 22.6. The van der Waals surface area contributed by atoms with Crippen LogP contribution in [0.3, 0.4) is 0 Å². The molecule has 5 aliphatic carbocycles. The molecule has 0 amide bonds. The van der Waals surface area contributed by atoms with Crippen LogP contribution in [0.25, 0.3) is 0 Å². The van der Waals surface area contributed by atoms with Gasteiger partial charge in [-0.2, -0.15) is 0 Å². The summed E-state index contributed by atoms with van der Waals surface area (Å²) in [4.78, 5) is 25.1. The highest BCUT2D eigenvalue weighted by Gasteiger charge is 2.71. The lowest BCUT2D eigenvalue weighted by Crippen LogP contribution is -2.67. The fourth-order valence-electron chi connectivity index (χ4n) is 11.7. The van der Waals surface area contributed by atoms with Crippen molar-refractivity contribution < 1.29 is 19.8 Å². The first-order valence-corrected chi connectivity index (χ1v) is 14.1. The van der Waals surface area contributed by atoms with E-state index in [1.54, 1.807) is 0 Å². The average Bonchev–Trinajstić information content (AvgIpc) is 3.09. The predicted molar refractivity (Wildman–Crippen MR) is 133 cm³/mol. The Bertz CT molecular complexity index is 894. The molecule has 5 aliphatic rings. The van der Waals surface area contributed by atoms with E-state index in [0.717, 1.165) is 25.7 Å². The lowest BCUT2D eigenvalue weighted by molar-refractivity contribution is -0.243. The van der Waals surface area contributed by atoms with Crippen molar-refractivity contribution in [1.29, 1.82) is 0 Å². The molecule has 4 heteroatoms. The van der Waals surface area contributed by atoms with Crippen LogP contribution in [-0.4, -0.2) is 28.1 Å². The van der Waals surface area contributed by atoms with Gasteiger partial charge in [-0.25, -0.2) is 0 Å². The molecule has 0 aromatic rings. The normalized spacial score (nSPS) is 54.9. The van der Waals surface area contributed by atoms with Crippen LogP contribution in [0.2, 0.25) is 0 Å². The largest absolute Gasteiger partial charge is 0.481 e. The van der Waals surface area contributed by atoms with E-state index in [-0.39, 0.29) is 44.7 Å². The molecule has 0 bridgehead atoms. The Hall–Kier alpha value is -0.900. The zero-order chi connectivity index (χ0) is 25.1. The molecule has 0 aromatic carbocycles. The molecule has 0 heterocycles. The number of carboxylic acid groups (broad SMARTS) is 1. The zero-order valence-electron chi connectivity index (χ0n) is 22.6. The number of ketones is 1. The van der Waals surface area contributed by atoms with Crippen molar-refractivity contribution in [3.63, 3.8) is 0 Å². The van der Waals surface area contributed by atoms with Crippen molar-refractivity contribution in [3.05, 3.63) is 0 Å². The van der Waals surface area contributed by atoms with Gasteiger partial charge in [0.1, 0.15) is 6.10 Å². The predicted octanol–water partition coefficient (Wildman–Crippen LogP) is 6.35. The molecule has 0 aliphatic heterocycles. The molecule has 4 nitrogen and oxygen atoms in total. The first-order valence-electron chi connectivity index (χ1n) is 14.1. The Kier molecular flexibility index (Phi) is 5.34. The Morgan fingerprint density at radius 1 is 0.882 bits per heavy atom. The summed E-state index contributed by atoms with van der Waals surface area (Å²) in [6.45, 7) is 16.1. The first-order chi connectivity index (χ1) is 15.6. The quantitative estimate of drug-likeness (QED) is 0.491. The number of Topliss-reactive ketones (excluding diaryl/α,β-unsaturated/α-hetero) is 1. The minimum Gasteiger partial charge on any atom is -0.481 e. The second-order valence-electron chi connectivity index (χ2n) is 15.0. The maximum atomic E-state index is 13.1. The van der Waals surface area contributed by atoms with Crippen LogP contribution in [0, 0.1) is 62.6 Å². The monoisotopic (exact) mass is 472 g/mol. The minimum atomic E-state index is -0.839. The van der Waals surface area contributed by atoms with E-state index in [4.69, 9.17) is 0 Å². The van der Waals surface area contributed by atoms with Crippen LogP contribution in [0.1, 0.15) is 106 Å². The summed E-state index contributed by atoms with van der Waals surface area (Å²) in [7, 11) is 0. The third kappa shape index (κ3) is 2.87. The second kappa shape index (κ2) is 7.33. The van der Waals surface area contributed by atoms with Crippen molar-refractivity contribution in [1.82, 2.24) is 0 Å². The summed E-state index contributed by atoms with van der Waals surface area (Å²) in [5, 5.41) is 20.7. The fourth-order valence-corrected chi connectivity index (χ4v) is 11.7. The maximum Gasteiger partial charge on any atom is 0.306 e. The van der Waals surface area contributed by atoms with Gasteiger partial charge in [0, 0.05) is 11.8 Å². The number of aliphatic carboxylic acids is 1. The van der Waals surface area contributed by atoms with Gasteiger partial charge in [0.2, 0.25) is 0 Å². The smallest absolute Gasteiger partial charge is 0.306 e. The molecule has 5 saturated carbocycles. The molecular weight excluding hydrogens is 424 g/mol. The van der Waals surface area contributed by atoms with Gasteiger partial charge in [0.15, 0.2) is 5.78 Å².